The number of ketones is 1. The Kier molecular flexibility index (Phi) is 11.7. The minimum atomic E-state index is -1.70. The van der Waals surface area contributed by atoms with Gasteiger partial charge in [0.05, 0.1) is 18.2 Å². The summed E-state index contributed by atoms with van der Waals surface area (Å²) in [5.74, 6) is -2.48. The first-order valence-corrected chi connectivity index (χ1v) is 12.4. The highest BCUT2D eigenvalue weighted by molar-refractivity contribution is 6.43. The predicted molar refractivity (Wildman–Crippen MR) is 138 cm³/mol. The molecule has 0 aliphatic carbocycles. The Morgan fingerprint density at radius 2 is 1.61 bits per heavy atom. The first kappa shape index (κ1) is 29.1. The molecular formula is C26H37BN4O5. The summed E-state index contributed by atoms with van der Waals surface area (Å²) < 4.78 is 0. The predicted octanol–water partition coefficient (Wildman–Crippen LogP) is 1.98. The van der Waals surface area contributed by atoms with Gasteiger partial charge in [-0.25, -0.2) is 4.98 Å². The van der Waals surface area contributed by atoms with Crippen molar-refractivity contribution in [3.05, 3.63) is 60.2 Å². The first-order chi connectivity index (χ1) is 17.1. The van der Waals surface area contributed by atoms with Crippen molar-refractivity contribution in [1.29, 1.82) is 0 Å². The molecule has 10 heteroatoms. The molecule has 2 rings (SSSR count). The zero-order valence-corrected chi connectivity index (χ0v) is 21.4. The Hall–Kier alpha value is -3.11. The zero-order valence-electron chi connectivity index (χ0n) is 21.4. The molecule has 0 bridgehead atoms. The molecule has 0 spiro atoms. The summed E-state index contributed by atoms with van der Waals surface area (Å²) in [6.07, 6.45) is 5.15. The van der Waals surface area contributed by atoms with Crippen molar-refractivity contribution in [2.24, 2.45) is 17.8 Å². The minimum absolute atomic E-state index is 0.0910. The molecule has 0 saturated heterocycles. The van der Waals surface area contributed by atoms with Crippen molar-refractivity contribution in [2.45, 2.75) is 65.4 Å². The van der Waals surface area contributed by atoms with Crippen LogP contribution in [0.4, 0.5) is 0 Å². The first-order valence-electron chi connectivity index (χ1n) is 12.4. The third kappa shape index (κ3) is 9.87. The van der Waals surface area contributed by atoms with Crippen LogP contribution < -0.4 is 10.6 Å². The van der Waals surface area contributed by atoms with Crippen LogP contribution >= 0.6 is 0 Å². The van der Waals surface area contributed by atoms with Crippen LogP contribution in [0.25, 0.3) is 0 Å². The average molecular weight is 496 g/mol. The number of aromatic nitrogens is 2. The Balaban J connectivity index is 2.22. The lowest BCUT2D eigenvalue weighted by Gasteiger charge is -2.25. The van der Waals surface area contributed by atoms with Crippen LogP contribution in [0.5, 0.6) is 0 Å². The van der Waals surface area contributed by atoms with Crippen molar-refractivity contribution in [3.8, 4) is 0 Å². The number of carbonyl (C=O) groups is 3. The number of nitrogens with zero attached hydrogens (tertiary/aromatic N) is 2. The number of hydrogen-bond acceptors (Lipinski definition) is 7. The highest BCUT2D eigenvalue weighted by Crippen LogP contribution is 2.19. The number of hydrogen-bond donors (Lipinski definition) is 4. The molecule has 0 fully saturated rings. The summed E-state index contributed by atoms with van der Waals surface area (Å²) in [4.78, 5) is 47.3. The van der Waals surface area contributed by atoms with Gasteiger partial charge in [0, 0.05) is 24.7 Å². The SMILES string of the molecule is CC(C)C[C@H](CC(=O)[C@H](Cc1ccccc1)NC(=O)c1cnccn1)C(=O)N[C@@H](CC(C)C)B(O)O. The van der Waals surface area contributed by atoms with Gasteiger partial charge < -0.3 is 20.7 Å². The van der Waals surface area contributed by atoms with Gasteiger partial charge in [0.2, 0.25) is 5.91 Å². The van der Waals surface area contributed by atoms with E-state index in [1.54, 1.807) is 0 Å². The lowest BCUT2D eigenvalue weighted by molar-refractivity contribution is -0.131. The monoisotopic (exact) mass is 496 g/mol. The molecule has 0 unspecified atom stereocenters. The standard InChI is InChI=1S/C26H37BN4O5/c1-17(2)12-20(25(33)31-24(27(35)36)13-18(3)4)15-23(32)21(14-19-8-6-5-7-9-19)30-26(34)22-16-28-10-11-29-22/h5-11,16-18,20-21,24,35-36H,12-15H2,1-4H3,(H,30,34)(H,31,33)/t20-,21+,24+/m1/s1. The van der Waals surface area contributed by atoms with Crippen LogP contribution in [0.1, 0.15) is 63.0 Å². The quantitative estimate of drug-likeness (QED) is 0.293. The Morgan fingerprint density at radius 1 is 0.944 bits per heavy atom. The number of benzene rings is 1. The van der Waals surface area contributed by atoms with E-state index in [4.69, 9.17) is 0 Å². The molecule has 0 aliphatic rings. The van der Waals surface area contributed by atoms with Crippen molar-refractivity contribution >= 4 is 24.7 Å². The topological polar surface area (TPSA) is 142 Å². The molecule has 0 radical (unpaired) electrons. The number of Topliss-reactive ketones (excluding diaryl/α,β-unsaturated/α-hetero) is 1. The van der Waals surface area contributed by atoms with Crippen LogP contribution in [0, 0.1) is 17.8 Å². The molecular weight excluding hydrogens is 459 g/mol. The molecule has 2 amide bonds. The van der Waals surface area contributed by atoms with Gasteiger partial charge in [0.15, 0.2) is 5.78 Å². The lowest BCUT2D eigenvalue weighted by atomic mass is 9.74. The molecule has 0 aliphatic heterocycles. The van der Waals surface area contributed by atoms with E-state index in [0.717, 1.165) is 5.56 Å². The number of rotatable bonds is 14. The van der Waals surface area contributed by atoms with Crippen molar-refractivity contribution in [3.63, 3.8) is 0 Å². The second kappa shape index (κ2) is 14.5. The van der Waals surface area contributed by atoms with Crippen LogP contribution in [0.2, 0.25) is 0 Å². The fraction of sp³-hybridized carbons (Fsp3) is 0.500. The van der Waals surface area contributed by atoms with Gasteiger partial charge in [-0.1, -0.05) is 58.0 Å². The summed E-state index contributed by atoms with van der Waals surface area (Å²) in [5, 5.41) is 24.9. The highest BCUT2D eigenvalue weighted by Gasteiger charge is 2.32. The molecule has 1 aromatic carbocycles. The van der Waals surface area contributed by atoms with Crippen LogP contribution in [0.3, 0.4) is 0 Å². The van der Waals surface area contributed by atoms with E-state index < -0.39 is 36.8 Å². The average Bonchev–Trinajstić information content (AvgIpc) is 2.83. The molecule has 36 heavy (non-hydrogen) atoms. The third-order valence-corrected chi connectivity index (χ3v) is 5.76. The number of nitrogens with one attached hydrogen (secondary N) is 2. The van der Waals surface area contributed by atoms with Gasteiger partial charge in [0.25, 0.3) is 5.91 Å². The van der Waals surface area contributed by atoms with E-state index in [-0.39, 0.29) is 36.2 Å². The van der Waals surface area contributed by atoms with E-state index in [0.29, 0.717) is 12.8 Å². The second-order valence-electron chi connectivity index (χ2n) is 9.96. The maximum atomic E-state index is 13.5. The molecule has 9 nitrogen and oxygen atoms in total. The van der Waals surface area contributed by atoms with Gasteiger partial charge in [-0.3, -0.25) is 19.4 Å². The summed E-state index contributed by atoms with van der Waals surface area (Å²) >= 11 is 0. The molecule has 0 saturated carbocycles. The van der Waals surface area contributed by atoms with E-state index in [2.05, 4.69) is 20.6 Å². The largest absolute Gasteiger partial charge is 0.475 e. The molecule has 1 aromatic heterocycles. The summed E-state index contributed by atoms with van der Waals surface area (Å²) in [5.41, 5.74) is 0.953. The Labute approximate surface area is 213 Å². The van der Waals surface area contributed by atoms with Crippen molar-refractivity contribution in [2.75, 3.05) is 0 Å². The fourth-order valence-corrected chi connectivity index (χ4v) is 4.04. The smallest absolute Gasteiger partial charge is 0.426 e. The third-order valence-electron chi connectivity index (χ3n) is 5.76. The molecule has 3 atom stereocenters. The summed E-state index contributed by atoms with van der Waals surface area (Å²) in [7, 11) is -1.70. The molecule has 1 heterocycles. The van der Waals surface area contributed by atoms with Gasteiger partial charge in [-0.15, -0.1) is 0 Å². The van der Waals surface area contributed by atoms with Gasteiger partial charge in [-0.05, 0) is 36.7 Å². The number of amides is 2. The Bertz CT molecular complexity index is 973. The molecule has 194 valence electrons. The zero-order chi connectivity index (χ0) is 26.7. The van der Waals surface area contributed by atoms with Crippen LogP contribution in [-0.4, -0.2) is 56.7 Å². The maximum Gasteiger partial charge on any atom is 0.475 e. The van der Waals surface area contributed by atoms with E-state index in [1.807, 2.05) is 58.0 Å². The normalized spacial score (nSPS) is 13.7. The van der Waals surface area contributed by atoms with E-state index >= 15 is 0 Å². The highest BCUT2D eigenvalue weighted by atomic mass is 16.4. The lowest BCUT2D eigenvalue weighted by Crippen LogP contribution is -2.50. The van der Waals surface area contributed by atoms with E-state index in [1.165, 1.54) is 18.6 Å². The van der Waals surface area contributed by atoms with Gasteiger partial charge >= 0.3 is 7.12 Å². The van der Waals surface area contributed by atoms with Crippen LogP contribution in [0.15, 0.2) is 48.9 Å². The van der Waals surface area contributed by atoms with Crippen molar-refractivity contribution in [1.82, 2.24) is 20.6 Å². The van der Waals surface area contributed by atoms with Gasteiger partial charge in [-0.2, -0.15) is 0 Å². The summed E-state index contributed by atoms with van der Waals surface area (Å²) in [6.45, 7) is 7.75. The van der Waals surface area contributed by atoms with Crippen molar-refractivity contribution < 1.29 is 24.4 Å². The fourth-order valence-electron chi connectivity index (χ4n) is 4.04. The molecule has 2 aromatic rings. The van der Waals surface area contributed by atoms with E-state index in [9.17, 15) is 24.4 Å². The Morgan fingerprint density at radius 3 is 2.17 bits per heavy atom. The number of carbonyl (C=O) groups excluding carboxylic acids is 3. The summed E-state index contributed by atoms with van der Waals surface area (Å²) in [6, 6.07) is 8.43. The van der Waals surface area contributed by atoms with Gasteiger partial charge in [0.1, 0.15) is 5.69 Å². The minimum Gasteiger partial charge on any atom is -0.426 e. The van der Waals surface area contributed by atoms with Crippen LogP contribution in [-0.2, 0) is 16.0 Å². The second-order valence-corrected chi connectivity index (χ2v) is 9.96. The molecule has 4 N–H and O–H groups in total. The maximum absolute atomic E-state index is 13.5.